The Kier molecular flexibility index (Phi) is 7.32. The van der Waals surface area contributed by atoms with Gasteiger partial charge in [-0.15, -0.1) is 0 Å². The van der Waals surface area contributed by atoms with Crippen LogP contribution in [0.5, 0.6) is 11.5 Å². The summed E-state index contributed by atoms with van der Waals surface area (Å²) < 4.78 is 45.2. The van der Waals surface area contributed by atoms with E-state index in [0.717, 1.165) is 11.1 Å². The first kappa shape index (κ1) is 25.3. The molecule has 1 aliphatic rings. The zero-order chi connectivity index (χ0) is 25.9. The number of ether oxygens (including phenoxy) is 3. The van der Waals surface area contributed by atoms with Crippen LogP contribution in [0.3, 0.4) is 0 Å². The van der Waals surface area contributed by atoms with E-state index >= 15 is 0 Å². The Balaban J connectivity index is 1.85. The first-order chi connectivity index (χ1) is 17.3. The average Bonchev–Trinajstić information content (AvgIpc) is 2.86. The molecule has 0 spiro atoms. The van der Waals surface area contributed by atoms with Crippen LogP contribution in [0.2, 0.25) is 0 Å². The molecule has 3 aromatic rings. The molecule has 36 heavy (non-hydrogen) atoms. The van der Waals surface area contributed by atoms with Crippen LogP contribution in [0.15, 0.2) is 71.6 Å². The molecule has 0 bridgehead atoms. The molecule has 188 valence electrons. The molecule has 1 heterocycles. The maximum atomic E-state index is 14.0. The van der Waals surface area contributed by atoms with Gasteiger partial charge in [0.1, 0.15) is 0 Å². The van der Waals surface area contributed by atoms with Crippen molar-refractivity contribution in [3.8, 4) is 11.5 Å². The second kappa shape index (κ2) is 10.4. The van der Waals surface area contributed by atoms with E-state index in [1.807, 2.05) is 36.4 Å². The number of carbonyl (C=O) groups is 1. The molecule has 0 unspecified atom stereocenters. The predicted molar refractivity (Wildman–Crippen MR) is 139 cm³/mol. The topological polar surface area (TPSA) is 94.2 Å². The van der Waals surface area contributed by atoms with Gasteiger partial charge in [0.2, 0.25) is 0 Å². The number of sulfonamides is 1. The maximum absolute atomic E-state index is 14.0. The lowest BCUT2D eigenvalue weighted by Gasteiger charge is -2.33. The lowest BCUT2D eigenvalue weighted by Crippen LogP contribution is -2.39. The molecule has 0 fully saturated rings. The highest BCUT2D eigenvalue weighted by Gasteiger charge is 2.40. The number of carbonyl (C=O) groups excluding carboxylic acids is 1. The lowest BCUT2D eigenvalue weighted by atomic mass is 10.0. The fourth-order valence-corrected chi connectivity index (χ4v) is 5.96. The molecule has 0 aliphatic carbocycles. The van der Waals surface area contributed by atoms with Crippen molar-refractivity contribution in [2.75, 3.05) is 31.0 Å². The largest absolute Gasteiger partial charge is 0.493 e. The standard InChI is InChI=1S/C27H28N2O6S/c1-18-22-14-24(34-3)25(35-4)15-23(22)29(16-19-9-6-5-7-10-19)36(31,32)26(18)27(30)28-21-12-8-11-20(13-21)17-33-2/h5-15H,16-17H2,1-4H3,(H,28,30). The van der Waals surface area contributed by atoms with Crippen molar-refractivity contribution in [1.82, 2.24) is 0 Å². The number of amides is 1. The first-order valence-corrected chi connectivity index (χ1v) is 12.7. The van der Waals surface area contributed by atoms with Crippen LogP contribution >= 0.6 is 0 Å². The summed E-state index contributed by atoms with van der Waals surface area (Å²) in [6.07, 6.45) is 0. The summed E-state index contributed by atoms with van der Waals surface area (Å²) in [7, 11) is 0.344. The third-order valence-electron chi connectivity index (χ3n) is 5.93. The summed E-state index contributed by atoms with van der Waals surface area (Å²) >= 11 is 0. The molecule has 0 radical (unpaired) electrons. The Morgan fingerprint density at radius 1 is 0.889 bits per heavy atom. The summed E-state index contributed by atoms with van der Waals surface area (Å²) in [5.41, 5.74) is 3.39. The van der Waals surface area contributed by atoms with Crippen LogP contribution in [-0.2, 0) is 32.7 Å². The molecule has 0 atom stereocenters. The van der Waals surface area contributed by atoms with Crippen molar-refractivity contribution in [1.29, 1.82) is 0 Å². The highest BCUT2D eigenvalue weighted by molar-refractivity contribution is 7.97. The predicted octanol–water partition coefficient (Wildman–Crippen LogP) is 4.57. The number of anilines is 2. The number of nitrogens with zero attached hydrogens (tertiary/aromatic N) is 1. The minimum absolute atomic E-state index is 0.0407. The number of methoxy groups -OCH3 is 3. The van der Waals surface area contributed by atoms with Gasteiger partial charge in [-0.05, 0) is 41.8 Å². The molecule has 0 aromatic heterocycles. The average molecular weight is 509 g/mol. The summed E-state index contributed by atoms with van der Waals surface area (Å²) in [4.78, 5) is 13.2. The SMILES string of the molecule is COCc1cccc(NC(=O)C2=C(C)c3cc(OC)c(OC)cc3N(Cc3ccccc3)S2(=O)=O)c1. The Labute approximate surface area is 211 Å². The highest BCUT2D eigenvalue weighted by atomic mass is 32.2. The fraction of sp³-hybridized carbons (Fsp3) is 0.222. The van der Waals surface area contributed by atoms with Gasteiger partial charge < -0.3 is 19.5 Å². The van der Waals surface area contributed by atoms with Gasteiger partial charge in [0.25, 0.3) is 15.9 Å². The number of fused-ring (bicyclic) bond motifs is 1. The normalized spacial score (nSPS) is 14.3. The number of hydrogen-bond donors (Lipinski definition) is 1. The van der Waals surface area contributed by atoms with Gasteiger partial charge in [-0.1, -0.05) is 42.5 Å². The third-order valence-corrected chi connectivity index (χ3v) is 7.85. The van der Waals surface area contributed by atoms with E-state index in [0.29, 0.717) is 40.6 Å². The van der Waals surface area contributed by atoms with E-state index in [1.165, 1.54) is 18.5 Å². The molecule has 1 amide bonds. The van der Waals surface area contributed by atoms with Crippen LogP contribution < -0.4 is 19.1 Å². The van der Waals surface area contributed by atoms with E-state index in [-0.39, 0.29) is 11.4 Å². The van der Waals surface area contributed by atoms with Crippen molar-refractivity contribution >= 4 is 32.9 Å². The van der Waals surface area contributed by atoms with Gasteiger partial charge in [-0.2, -0.15) is 0 Å². The monoisotopic (exact) mass is 508 g/mol. The van der Waals surface area contributed by atoms with Gasteiger partial charge >= 0.3 is 0 Å². The van der Waals surface area contributed by atoms with E-state index in [9.17, 15) is 13.2 Å². The Bertz CT molecular complexity index is 1420. The molecule has 1 aliphatic heterocycles. The molecule has 0 saturated heterocycles. The minimum Gasteiger partial charge on any atom is -0.493 e. The van der Waals surface area contributed by atoms with Gasteiger partial charge in [-0.25, -0.2) is 8.42 Å². The smallest absolute Gasteiger partial charge is 0.270 e. The van der Waals surface area contributed by atoms with E-state index in [2.05, 4.69) is 5.32 Å². The van der Waals surface area contributed by atoms with Crippen LogP contribution in [0.25, 0.3) is 5.57 Å². The molecule has 9 heteroatoms. The van der Waals surface area contributed by atoms with Crippen LogP contribution in [0.4, 0.5) is 11.4 Å². The molecule has 3 aromatic carbocycles. The van der Waals surface area contributed by atoms with Gasteiger partial charge in [0.05, 0.1) is 33.1 Å². The van der Waals surface area contributed by atoms with Gasteiger partial charge in [0.15, 0.2) is 16.4 Å². The Morgan fingerprint density at radius 2 is 1.56 bits per heavy atom. The molecular formula is C27H28N2O6S. The fourth-order valence-electron chi connectivity index (χ4n) is 4.23. The summed E-state index contributed by atoms with van der Waals surface area (Å²) in [6.45, 7) is 2.03. The highest BCUT2D eigenvalue weighted by Crippen LogP contribution is 2.45. The minimum atomic E-state index is -4.23. The Morgan fingerprint density at radius 3 is 2.22 bits per heavy atom. The van der Waals surface area contributed by atoms with Crippen molar-refractivity contribution in [2.45, 2.75) is 20.1 Å². The zero-order valence-electron chi connectivity index (χ0n) is 20.6. The number of nitrogens with one attached hydrogen (secondary N) is 1. The van der Waals surface area contributed by atoms with Crippen LogP contribution in [0, 0.1) is 0 Å². The summed E-state index contributed by atoms with van der Waals surface area (Å²) in [6, 6.07) is 19.6. The second-order valence-electron chi connectivity index (χ2n) is 8.26. The first-order valence-electron chi connectivity index (χ1n) is 11.2. The molecule has 8 nitrogen and oxygen atoms in total. The van der Waals surface area contributed by atoms with Crippen molar-refractivity contribution in [3.05, 3.63) is 88.3 Å². The van der Waals surface area contributed by atoms with E-state index < -0.39 is 15.9 Å². The summed E-state index contributed by atoms with van der Waals surface area (Å²) in [5, 5.41) is 2.75. The van der Waals surface area contributed by atoms with Crippen LogP contribution in [0.1, 0.15) is 23.6 Å². The number of benzene rings is 3. The number of rotatable bonds is 8. The van der Waals surface area contributed by atoms with Gasteiger partial charge in [-0.3, -0.25) is 9.10 Å². The number of allylic oxidation sites excluding steroid dienone is 1. The lowest BCUT2D eigenvalue weighted by molar-refractivity contribution is -0.112. The van der Waals surface area contributed by atoms with Crippen molar-refractivity contribution < 1.29 is 27.4 Å². The van der Waals surface area contributed by atoms with Crippen molar-refractivity contribution in [3.63, 3.8) is 0 Å². The number of hydrogen-bond acceptors (Lipinski definition) is 6. The van der Waals surface area contributed by atoms with E-state index in [1.54, 1.807) is 44.4 Å². The Hall–Kier alpha value is -3.82. The van der Waals surface area contributed by atoms with E-state index in [4.69, 9.17) is 14.2 Å². The second-order valence-corrected chi connectivity index (χ2v) is 10.1. The molecular weight excluding hydrogens is 480 g/mol. The molecule has 1 N–H and O–H groups in total. The molecule has 4 rings (SSSR count). The maximum Gasteiger partial charge on any atom is 0.270 e. The third kappa shape index (κ3) is 4.80. The quantitative estimate of drug-likeness (QED) is 0.479. The van der Waals surface area contributed by atoms with Gasteiger partial charge in [0, 0.05) is 24.4 Å². The summed E-state index contributed by atoms with van der Waals surface area (Å²) in [5.74, 6) is 0.0994. The molecule has 0 saturated carbocycles. The zero-order valence-corrected chi connectivity index (χ0v) is 21.4. The van der Waals surface area contributed by atoms with Crippen molar-refractivity contribution in [2.24, 2.45) is 0 Å². The van der Waals surface area contributed by atoms with Crippen LogP contribution in [-0.4, -0.2) is 35.7 Å².